The third kappa shape index (κ3) is 3.83. The summed E-state index contributed by atoms with van der Waals surface area (Å²) in [7, 11) is 3.20. The third-order valence-corrected chi connectivity index (χ3v) is 3.81. The lowest BCUT2D eigenvalue weighted by atomic mass is 9.93. The van der Waals surface area contributed by atoms with Gasteiger partial charge in [0.1, 0.15) is 0 Å². The van der Waals surface area contributed by atoms with Gasteiger partial charge in [0.15, 0.2) is 11.5 Å². The van der Waals surface area contributed by atoms with Gasteiger partial charge in [-0.3, -0.25) is 4.79 Å². The van der Waals surface area contributed by atoms with E-state index in [9.17, 15) is 4.79 Å². The zero-order valence-corrected chi connectivity index (χ0v) is 14.3. The number of ether oxygens (including phenoxy) is 2. The van der Waals surface area contributed by atoms with Gasteiger partial charge in [0.25, 0.3) is 5.91 Å². The molecular weight excluding hydrogens is 290 g/mol. The zero-order valence-electron chi connectivity index (χ0n) is 14.3. The van der Waals surface area contributed by atoms with Crippen molar-refractivity contribution in [2.75, 3.05) is 14.2 Å². The van der Waals surface area contributed by atoms with Crippen molar-refractivity contribution >= 4 is 5.91 Å². The number of carbonyl (C=O) groups excluding carboxylic acids is 1. The summed E-state index contributed by atoms with van der Waals surface area (Å²) in [6, 6.07) is 13.2. The summed E-state index contributed by atoms with van der Waals surface area (Å²) in [5.74, 6) is 1.20. The first-order chi connectivity index (χ1) is 10.9. The molecule has 0 saturated carbocycles. The van der Waals surface area contributed by atoms with Crippen LogP contribution in [0.4, 0.5) is 0 Å². The van der Waals surface area contributed by atoms with E-state index in [4.69, 9.17) is 9.47 Å². The average Bonchev–Trinajstić information content (AvgIpc) is 2.53. The lowest BCUT2D eigenvalue weighted by Crippen LogP contribution is -2.41. The lowest BCUT2D eigenvalue weighted by molar-refractivity contribution is 0.0912. The van der Waals surface area contributed by atoms with Crippen LogP contribution in [0.3, 0.4) is 0 Å². The molecule has 2 aromatic carbocycles. The first kappa shape index (κ1) is 16.9. The Hall–Kier alpha value is -2.49. The van der Waals surface area contributed by atoms with Crippen LogP contribution in [0.15, 0.2) is 42.5 Å². The van der Waals surface area contributed by atoms with Crippen molar-refractivity contribution < 1.29 is 14.3 Å². The molecule has 0 bridgehead atoms. The summed E-state index contributed by atoms with van der Waals surface area (Å²) in [4.78, 5) is 12.5. The summed E-state index contributed by atoms with van der Waals surface area (Å²) in [5.41, 5.74) is 2.11. The quantitative estimate of drug-likeness (QED) is 0.916. The van der Waals surface area contributed by atoms with Gasteiger partial charge in [-0.05, 0) is 50.6 Å². The molecule has 0 radical (unpaired) electrons. The van der Waals surface area contributed by atoms with Gasteiger partial charge in [-0.1, -0.05) is 23.8 Å². The number of methoxy groups -OCH3 is 2. The zero-order chi connectivity index (χ0) is 17.0. The molecule has 0 spiro atoms. The van der Waals surface area contributed by atoms with Crippen LogP contribution in [-0.4, -0.2) is 20.1 Å². The van der Waals surface area contributed by atoms with E-state index in [2.05, 4.69) is 5.32 Å². The van der Waals surface area contributed by atoms with Gasteiger partial charge in [0, 0.05) is 5.56 Å². The van der Waals surface area contributed by atoms with Crippen LogP contribution in [0.25, 0.3) is 0 Å². The van der Waals surface area contributed by atoms with Crippen LogP contribution < -0.4 is 14.8 Å². The summed E-state index contributed by atoms with van der Waals surface area (Å²) in [5, 5.41) is 3.07. The molecule has 122 valence electrons. The van der Waals surface area contributed by atoms with E-state index in [-0.39, 0.29) is 5.91 Å². The molecule has 1 amide bonds. The van der Waals surface area contributed by atoms with Gasteiger partial charge >= 0.3 is 0 Å². The number of nitrogens with one attached hydrogen (secondary N) is 1. The number of rotatable bonds is 5. The largest absolute Gasteiger partial charge is 0.493 e. The van der Waals surface area contributed by atoms with Gasteiger partial charge in [0.2, 0.25) is 0 Å². The van der Waals surface area contributed by atoms with Crippen LogP contribution in [0.2, 0.25) is 0 Å². The number of carbonyl (C=O) groups is 1. The highest BCUT2D eigenvalue weighted by Crippen LogP contribution is 2.32. The predicted molar refractivity (Wildman–Crippen MR) is 91.2 cm³/mol. The van der Waals surface area contributed by atoms with Gasteiger partial charge in [-0.25, -0.2) is 0 Å². The molecule has 0 unspecified atom stereocenters. The van der Waals surface area contributed by atoms with Crippen LogP contribution >= 0.6 is 0 Å². The minimum atomic E-state index is -0.541. The predicted octanol–water partition coefficient (Wildman–Crippen LogP) is 3.68. The molecule has 0 fully saturated rings. The number of hydrogen-bond acceptors (Lipinski definition) is 3. The molecule has 2 aromatic rings. The summed E-state index contributed by atoms with van der Waals surface area (Å²) in [6.07, 6.45) is 0. The number of aryl methyl sites for hydroxylation is 1. The summed E-state index contributed by atoms with van der Waals surface area (Å²) in [6.45, 7) is 5.89. The number of amides is 1. The first-order valence-corrected chi connectivity index (χ1v) is 7.49. The fraction of sp³-hybridized carbons (Fsp3) is 0.316. The van der Waals surface area contributed by atoms with E-state index >= 15 is 0 Å². The van der Waals surface area contributed by atoms with Crippen LogP contribution in [0, 0.1) is 6.92 Å². The highest BCUT2D eigenvalue weighted by atomic mass is 16.5. The van der Waals surface area contributed by atoms with Crippen molar-refractivity contribution in [2.45, 2.75) is 26.3 Å². The van der Waals surface area contributed by atoms with Crippen molar-refractivity contribution in [2.24, 2.45) is 0 Å². The molecule has 4 nitrogen and oxygen atoms in total. The fourth-order valence-electron chi connectivity index (χ4n) is 2.44. The van der Waals surface area contributed by atoms with Crippen LogP contribution in [0.5, 0.6) is 11.5 Å². The molecule has 0 aliphatic carbocycles. The van der Waals surface area contributed by atoms with E-state index in [1.54, 1.807) is 14.2 Å². The molecule has 0 saturated heterocycles. The summed E-state index contributed by atoms with van der Waals surface area (Å²) < 4.78 is 10.6. The smallest absolute Gasteiger partial charge is 0.251 e. The Morgan fingerprint density at radius 3 is 2.30 bits per heavy atom. The lowest BCUT2D eigenvalue weighted by Gasteiger charge is -2.27. The Morgan fingerprint density at radius 1 is 1.00 bits per heavy atom. The SMILES string of the molecule is COc1ccc(C(C)(C)NC(=O)c2cccc(C)c2)cc1OC. The molecule has 1 N–H and O–H groups in total. The molecule has 0 aromatic heterocycles. The second-order valence-corrected chi connectivity index (χ2v) is 6.02. The Labute approximate surface area is 137 Å². The van der Waals surface area contributed by atoms with Crippen molar-refractivity contribution in [3.63, 3.8) is 0 Å². The average molecular weight is 313 g/mol. The number of benzene rings is 2. The van der Waals surface area contributed by atoms with E-state index in [0.29, 0.717) is 17.1 Å². The molecule has 2 rings (SSSR count). The minimum Gasteiger partial charge on any atom is -0.493 e. The normalized spacial score (nSPS) is 11.0. The molecule has 4 heteroatoms. The second kappa shape index (κ2) is 6.73. The van der Waals surface area contributed by atoms with E-state index in [1.165, 1.54) is 0 Å². The van der Waals surface area contributed by atoms with Crippen molar-refractivity contribution in [1.29, 1.82) is 0 Å². The maximum Gasteiger partial charge on any atom is 0.251 e. The van der Waals surface area contributed by atoms with E-state index in [0.717, 1.165) is 11.1 Å². The van der Waals surface area contributed by atoms with Crippen LogP contribution in [-0.2, 0) is 5.54 Å². The maximum atomic E-state index is 12.5. The Balaban J connectivity index is 2.26. The van der Waals surface area contributed by atoms with E-state index in [1.807, 2.05) is 63.2 Å². The standard InChI is InChI=1S/C19H23NO3/c1-13-7-6-8-14(11-13)18(21)20-19(2,3)15-9-10-16(22-4)17(12-15)23-5/h6-12H,1-5H3,(H,20,21). The molecule has 0 aliphatic rings. The second-order valence-electron chi connectivity index (χ2n) is 6.02. The molecule has 0 heterocycles. The topological polar surface area (TPSA) is 47.6 Å². The van der Waals surface area contributed by atoms with Crippen molar-refractivity contribution in [1.82, 2.24) is 5.32 Å². The van der Waals surface area contributed by atoms with Gasteiger partial charge in [-0.2, -0.15) is 0 Å². The Morgan fingerprint density at radius 2 is 1.70 bits per heavy atom. The van der Waals surface area contributed by atoms with E-state index < -0.39 is 5.54 Å². The molecule has 0 atom stereocenters. The monoisotopic (exact) mass is 313 g/mol. The van der Waals surface area contributed by atoms with Crippen molar-refractivity contribution in [3.8, 4) is 11.5 Å². The van der Waals surface area contributed by atoms with Gasteiger partial charge in [-0.15, -0.1) is 0 Å². The molecule has 0 aliphatic heterocycles. The van der Waals surface area contributed by atoms with Crippen molar-refractivity contribution in [3.05, 3.63) is 59.2 Å². The Bertz CT molecular complexity index is 708. The minimum absolute atomic E-state index is 0.103. The fourth-order valence-corrected chi connectivity index (χ4v) is 2.44. The molecule has 23 heavy (non-hydrogen) atoms. The maximum absolute atomic E-state index is 12.5. The Kier molecular flexibility index (Phi) is 4.94. The molecular formula is C19H23NO3. The third-order valence-electron chi connectivity index (χ3n) is 3.81. The number of hydrogen-bond donors (Lipinski definition) is 1. The highest BCUT2D eigenvalue weighted by Gasteiger charge is 2.25. The first-order valence-electron chi connectivity index (χ1n) is 7.49. The van der Waals surface area contributed by atoms with Crippen LogP contribution in [0.1, 0.15) is 35.3 Å². The highest BCUT2D eigenvalue weighted by molar-refractivity contribution is 5.94. The van der Waals surface area contributed by atoms with Gasteiger partial charge in [0.05, 0.1) is 19.8 Å². The summed E-state index contributed by atoms with van der Waals surface area (Å²) >= 11 is 0. The van der Waals surface area contributed by atoms with Gasteiger partial charge < -0.3 is 14.8 Å².